The van der Waals surface area contributed by atoms with Gasteiger partial charge in [-0.2, -0.15) is 5.26 Å². The maximum atomic E-state index is 9.70. The van der Waals surface area contributed by atoms with Crippen molar-refractivity contribution in [2.75, 3.05) is 6.79 Å². The summed E-state index contributed by atoms with van der Waals surface area (Å²) in [6.45, 7) is 0.225. The van der Waals surface area contributed by atoms with Gasteiger partial charge in [0.15, 0.2) is 11.5 Å². The fraction of sp³-hybridized carbons (Fsp3) is 0.0455. The van der Waals surface area contributed by atoms with E-state index in [0.29, 0.717) is 27.0 Å². The average Bonchev–Trinajstić information content (AvgIpc) is 3.41. The second kappa shape index (κ2) is 7.21. The highest BCUT2D eigenvalue weighted by Crippen LogP contribution is 2.37. The van der Waals surface area contributed by atoms with Gasteiger partial charge in [0.2, 0.25) is 6.79 Å². The maximum Gasteiger partial charge on any atom is 0.231 e. The summed E-state index contributed by atoms with van der Waals surface area (Å²) < 4.78 is 10.8. The normalized spacial score (nSPS) is 12.9. The Morgan fingerprint density at radius 1 is 1.10 bits per heavy atom. The number of nitriles is 1. The van der Waals surface area contributed by atoms with E-state index in [1.54, 1.807) is 6.08 Å². The Kier molecular flexibility index (Phi) is 4.39. The predicted octanol–water partition coefficient (Wildman–Crippen LogP) is 5.80. The highest BCUT2D eigenvalue weighted by molar-refractivity contribution is 7.11. The molecule has 0 saturated carbocycles. The standard InChI is InChI=1S/C22H12ClN3O2S/c23-21-15(7-13-3-1-2-4-17(13)25-21)8-16(10-24)22-26-18(11-29-22)14-5-6-19-20(9-14)28-12-27-19/h1-9,11H,12H2/b16-8-. The molecule has 0 unspecified atom stereocenters. The molecule has 2 aromatic carbocycles. The second-order valence-corrected chi connectivity index (χ2v) is 7.55. The first-order chi connectivity index (χ1) is 14.2. The maximum absolute atomic E-state index is 9.70. The average molecular weight is 418 g/mol. The van der Waals surface area contributed by atoms with Gasteiger partial charge in [0.25, 0.3) is 0 Å². The molecular formula is C22H12ClN3O2S. The zero-order valence-corrected chi connectivity index (χ0v) is 16.5. The van der Waals surface area contributed by atoms with Crippen LogP contribution in [0.4, 0.5) is 0 Å². The van der Waals surface area contributed by atoms with Crippen molar-refractivity contribution < 1.29 is 9.47 Å². The number of hydrogen-bond donors (Lipinski definition) is 0. The van der Waals surface area contributed by atoms with Crippen LogP contribution in [0.3, 0.4) is 0 Å². The van der Waals surface area contributed by atoms with Gasteiger partial charge in [0.1, 0.15) is 16.2 Å². The second-order valence-electron chi connectivity index (χ2n) is 6.34. The van der Waals surface area contributed by atoms with Gasteiger partial charge in [-0.3, -0.25) is 0 Å². The predicted molar refractivity (Wildman–Crippen MR) is 114 cm³/mol. The molecule has 29 heavy (non-hydrogen) atoms. The van der Waals surface area contributed by atoms with E-state index in [1.807, 2.05) is 53.9 Å². The number of allylic oxidation sites excluding steroid dienone is 1. The number of rotatable bonds is 3. The fourth-order valence-corrected chi connectivity index (χ4v) is 4.09. The van der Waals surface area contributed by atoms with E-state index in [4.69, 9.17) is 21.1 Å². The molecule has 7 heteroatoms. The summed E-state index contributed by atoms with van der Waals surface area (Å²) in [5.41, 5.74) is 3.60. The smallest absolute Gasteiger partial charge is 0.231 e. The monoisotopic (exact) mass is 417 g/mol. The number of ether oxygens (including phenoxy) is 2. The van der Waals surface area contributed by atoms with Crippen LogP contribution in [-0.4, -0.2) is 16.8 Å². The van der Waals surface area contributed by atoms with Gasteiger partial charge in [-0.15, -0.1) is 11.3 Å². The fourth-order valence-electron chi connectivity index (χ4n) is 3.09. The molecule has 1 aliphatic heterocycles. The lowest BCUT2D eigenvalue weighted by Crippen LogP contribution is -1.92. The van der Waals surface area contributed by atoms with E-state index in [-0.39, 0.29) is 6.79 Å². The minimum Gasteiger partial charge on any atom is -0.454 e. The molecule has 0 amide bonds. The van der Waals surface area contributed by atoms with Crippen molar-refractivity contribution in [3.63, 3.8) is 0 Å². The van der Waals surface area contributed by atoms with Crippen LogP contribution in [0.15, 0.2) is 53.9 Å². The van der Waals surface area contributed by atoms with Crippen LogP contribution >= 0.6 is 22.9 Å². The van der Waals surface area contributed by atoms with E-state index in [0.717, 1.165) is 27.9 Å². The zero-order valence-electron chi connectivity index (χ0n) is 14.9. The van der Waals surface area contributed by atoms with E-state index in [9.17, 15) is 5.26 Å². The molecule has 2 aromatic heterocycles. The number of hydrogen-bond acceptors (Lipinski definition) is 6. The van der Waals surface area contributed by atoms with Crippen molar-refractivity contribution in [2.45, 2.75) is 0 Å². The Labute approximate surface area is 175 Å². The molecule has 0 N–H and O–H groups in total. The van der Waals surface area contributed by atoms with Crippen LogP contribution in [0, 0.1) is 11.3 Å². The Hall–Kier alpha value is -3.40. The first kappa shape index (κ1) is 17.7. The number of benzene rings is 2. The minimum atomic E-state index is 0.225. The number of pyridine rings is 1. The molecular weight excluding hydrogens is 406 g/mol. The molecule has 140 valence electrons. The molecule has 0 bridgehead atoms. The van der Waals surface area contributed by atoms with Crippen molar-refractivity contribution in [1.82, 2.24) is 9.97 Å². The summed E-state index contributed by atoms with van der Waals surface area (Å²) in [4.78, 5) is 9.04. The largest absolute Gasteiger partial charge is 0.454 e. The molecule has 0 spiro atoms. The summed E-state index contributed by atoms with van der Waals surface area (Å²) in [6.07, 6.45) is 1.73. The highest BCUT2D eigenvalue weighted by Gasteiger charge is 2.16. The Morgan fingerprint density at radius 3 is 2.86 bits per heavy atom. The third-order valence-electron chi connectivity index (χ3n) is 4.53. The molecule has 0 fully saturated rings. The molecule has 0 atom stereocenters. The number of nitrogens with zero attached hydrogens (tertiary/aromatic N) is 3. The van der Waals surface area contributed by atoms with Gasteiger partial charge < -0.3 is 9.47 Å². The number of aromatic nitrogens is 2. The molecule has 0 saturated heterocycles. The lowest BCUT2D eigenvalue weighted by molar-refractivity contribution is 0.174. The molecule has 4 aromatic rings. The van der Waals surface area contributed by atoms with Gasteiger partial charge in [0.05, 0.1) is 16.8 Å². The molecule has 1 aliphatic rings. The molecule has 0 radical (unpaired) electrons. The highest BCUT2D eigenvalue weighted by atomic mass is 35.5. The number of halogens is 1. The van der Waals surface area contributed by atoms with Crippen molar-refractivity contribution in [3.05, 3.63) is 69.6 Å². The van der Waals surface area contributed by atoms with E-state index < -0.39 is 0 Å². The Balaban J connectivity index is 1.52. The van der Waals surface area contributed by atoms with Crippen LogP contribution < -0.4 is 9.47 Å². The SMILES string of the molecule is N#C/C(=C/c1cc2ccccc2nc1Cl)c1nc(-c2ccc3c(c2)OCO3)cs1. The van der Waals surface area contributed by atoms with Gasteiger partial charge in [-0.05, 0) is 36.4 Å². The van der Waals surface area contributed by atoms with Crippen LogP contribution in [0.1, 0.15) is 10.6 Å². The van der Waals surface area contributed by atoms with Crippen molar-refractivity contribution in [1.29, 1.82) is 5.26 Å². The van der Waals surface area contributed by atoms with Crippen LogP contribution in [0.5, 0.6) is 11.5 Å². The van der Waals surface area contributed by atoms with Crippen LogP contribution in [-0.2, 0) is 0 Å². The lowest BCUT2D eigenvalue weighted by atomic mass is 10.1. The first-order valence-electron chi connectivity index (χ1n) is 8.74. The summed E-state index contributed by atoms with van der Waals surface area (Å²) in [5.74, 6) is 1.42. The van der Waals surface area contributed by atoms with E-state index in [2.05, 4.69) is 16.0 Å². The van der Waals surface area contributed by atoms with Crippen molar-refractivity contribution in [2.24, 2.45) is 0 Å². The van der Waals surface area contributed by atoms with E-state index >= 15 is 0 Å². The summed E-state index contributed by atoms with van der Waals surface area (Å²) >= 11 is 7.74. The lowest BCUT2D eigenvalue weighted by Gasteiger charge is -2.03. The number of fused-ring (bicyclic) bond motifs is 2. The topological polar surface area (TPSA) is 68.0 Å². The molecule has 5 nitrogen and oxygen atoms in total. The first-order valence-corrected chi connectivity index (χ1v) is 10.00. The van der Waals surface area contributed by atoms with Gasteiger partial charge in [-0.1, -0.05) is 29.8 Å². The van der Waals surface area contributed by atoms with Crippen molar-refractivity contribution in [3.8, 4) is 28.8 Å². The molecule has 3 heterocycles. The van der Waals surface area contributed by atoms with Crippen molar-refractivity contribution >= 4 is 45.5 Å². The third-order valence-corrected chi connectivity index (χ3v) is 5.71. The summed E-state index contributed by atoms with van der Waals surface area (Å²) in [5, 5.41) is 13.5. The molecule has 5 rings (SSSR count). The van der Waals surface area contributed by atoms with Gasteiger partial charge in [0, 0.05) is 21.9 Å². The Morgan fingerprint density at radius 2 is 1.97 bits per heavy atom. The van der Waals surface area contributed by atoms with Gasteiger partial charge in [-0.25, -0.2) is 9.97 Å². The third kappa shape index (κ3) is 3.31. The van der Waals surface area contributed by atoms with Gasteiger partial charge >= 0.3 is 0 Å². The van der Waals surface area contributed by atoms with Crippen LogP contribution in [0.2, 0.25) is 5.15 Å². The van der Waals surface area contributed by atoms with E-state index in [1.165, 1.54) is 11.3 Å². The minimum absolute atomic E-state index is 0.225. The number of thiazole rings is 1. The zero-order chi connectivity index (χ0) is 19.8. The molecule has 0 aliphatic carbocycles. The Bertz CT molecular complexity index is 1320. The van der Waals surface area contributed by atoms with Crippen LogP contribution in [0.25, 0.3) is 33.8 Å². The summed E-state index contributed by atoms with van der Waals surface area (Å²) in [6, 6.07) is 17.5. The number of para-hydroxylation sites is 1. The quantitative estimate of drug-likeness (QED) is 0.311. The summed E-state index contributed by atoms with van der Waals surface area (Å²) in [7, 11) is 0.